The predicted molar refractivity (Wildman–Crippen MR) is 126 cm³/mol. The molecule has 3 aromatic rings. The summed E-state index contributed by atoms with van der Waals surface area (Å²) in [6.07, 6.45) is -1.57. The topological polar surface area (TPSA) is 117 Å². The van der Waals surface area contributed by atoms with Crippen molar-refractivity contribution in [3.8, 4) is 5.75 Å². The molecular weight excluding hydrogens is 493 g/mol. The van der Waals surface area contributed by atoms with Crippen LogP contribution in [0.25, 0.3) is 0 Å². The van der Waals surface area contributed by atoms with Gasteiger partial charge in [0.15, 0.2) is 0 Å². The molecule has 1 spiro atoms. The van der Waals surface area contributed by atoms with E-state index in [4.69, 9.17) is 0 Å². The van der Waals surface area contributed by atoms with Gasteiger partial charge in [0.25, 0.3) is 5.91 Å². The van der Waals surface area contributed by atoms with Crippen LogP contribution in [0.4, 0.5) is 45.8 Å². The van der Waals surface area contributed by atoms with Gasteiger partial charge < -0.3 is 4.74 Å². The number of urea groups is 2. The maximum Gasteiger partial charge on any atom is 0.573 e. The highest BCUT2D eigenvalue weighted by molar-refractivity contribution is 6.32. The zero-order chi connectivity index (χ0) is 26.4. The normalized spacial score (nSPS) is 20.8. The van der Waals surface area contributed by atoms with Crippen molar-refractivity contribution in [3.05, 3.63) is 67.0 Å². The fraction of sp³-hybridized carbons (Fsp3) is 0.208. The van der Waals surface area contributed by atoms with Gasteiger partial charge in [-0.05, 0) is 54.8 Å². The minimum atomic E-state index is -4.87. The average molecular weight is 512 g/mol. The van der Waals surface area contributed by atoms with Crippen molar-refractivity contribution < 1.29 is 32.3 Å². The number of hydrogen-bond donors (Lipinski definition) is 2. The lowest BCUT2D eigenvalue weighted by atomic mass is 10.1. The Hall–Kier alpha value is -4.68. The standard InChI is InChI=1S/C24H19F3N6O4/c1-14-13-23(14)20(34)32(15-5-7-17(8-6-15)37-24(25,26)27)22(36)33(23)16-9-11-29-19(12-16)31-21(35)30-18-4-2-3-10-28-18/h2-12,14H,13H2,1H3,(H2,28,29,30,31,35). The zero-order valence-electron chi connectivity index (χ0n) is 19.2. The van der Waals surface area contributed by atoms with Crippen LogP contribution < -0.4 is 25.2 Å². The molecule has 0 bridgehead atoms. The van der Waals surface area contributed by atoms with Crippen LogP contribution in [0, 0.1) is 5.92 Å². The quantitative estimate of drug-likeness (QED) is 0.476. The van der Waals surface area contributed by atoms with Gasteiger partial charge in [-0.15, -0.1) is 13.2 Å². The van der Waals surface area contributed by atoms with Gasteiger partial charge in [0.05, 0.1) is 11.4 Å². The third-order valence-corrected chi connectivity index (χ3v) is 6.11. The Morgan fingerprint density at radius 3 is 2.30 bits per heavy atom. The summed E-state index contributed by atoms with van der Waals surface area (Å²) in [6, 6.07) is 11.2. The number of aromatic nitrogens is 2. The van der Waals surface area contributed by atoms with Gasteiger partial charge >= 0.3 is 18.4 Å². The number of carbonyl (C=O) groups excluding carboxylic acids is 3. The zero-order valence-corrected chi connectivity index (χ0v) is 19.2. The van der Waals surface area contributed by atoms with E-state index < -0.39 is 35.6 Å². The van der Waals surface area contributed by atoms with Crippen molar-refractivity contribution in [2.24, 2.45) is 5.92 Å². The van der Waals surface area contributed by atoms with E-state index >= 15 is 0 Å². The molecule has 0 radical (unpaired) electrons. The first-order chi connectivity index (χ1) is 17.6. The Morgan fingerprint density at radius 1 is 1.00 bits per heavy atom. The molecule has 37 heavy (non-hydrogen) atoms. The average Bonchev–Trinajstić information content (AvgIpc) is 3.45. The molecule has 5 rings (SSSR count). The van der Waals surface area contributed by atoms with Gasteiger partial charge in [-0.3, -0.25) is 20.3 Å². The summed E-state index contributed by atoms with van der Waals surface area (Å²) in [4.78, 5) is 49.6. The van der Waals surface area contributed by atoms with Gasteiger partial charge in [-0.25, -0.2) is 24.5 Å². The van der Waals surface area contributed by atoms with Crippen molar-refractivity contribution in [1.82, 2.24) is 9.97 Å². The molecule has 5 amide bonds. The third kappa shape index (κ3) is 4.50. The number of nitrogens with one attached hydrogen (secondary N) is 2. The minimum absolute atomic E-state index is 0.104. The number of hydrogen-bond acceptors (Lipinski definition) is 6. The predicted octanol–water partition coefficient (Wildman–Crippen LogP) is 4.77. The van der Waals surface area contributed by atoms with Crippen LogP contribution in [0.3, 0.4) is 0 Å². The number of amides is 5. The maximum absolute atomic E-state index is 13.5. The molecule has 10 nitrogen and oxygen atoms in total. The van der Waals surface area contributed by atoms with Crippen molar-refractivity contribution in [3.63, 3.8) is 0 Å². The summed E-state index contributed by atoms with van der Waals surface area (Å²) in [5.41, 5.74) is -0.717. The lowest BCUT2D eigenvalue weighted by molar-refractivity contribution is -0.274. The third-order valence-electron chi connectivity index (χ3n) is 6.11. The molecule has 3 heterocycles. The largest absolute Gasteiger partial charge is 0.573 e. The van der Waals surface area contributed by atoms with Gasteiger partial charge in [-0.1, -0.05) is 13.0 Å². The van der Waals surface area contributed by atoms with Crippen LogP contribution in [0.5, 0.6) is 5.75 Å². The lowest BCUT2D eigenvalue weighted by Crippen LogP contribution is -2.39. The van der Waals surface area contributed by atoms with Gasteiger partial charge in [0.2, 0.25) is 0 Å². The number of carbonyl (C=O) groups is 3. The molecule has 13 heteroatoms. The Kier molecular flexibility index (Phi) is 5.69. The molecule has 2 unspecified atom stereocenters. The van der Waals surface area contributed by atoms with E-state index in [9.17, 15) is 27.6 Å². The summed E-state index contributed by atoms with van der Waals surface area (Å²) in [5.74, 6) is -0.686. The molecule has 2 aromatic heterocycles. The Labute approximate surface area is 208 Å². The van der Waals surface area contributed by atoms with Crippen LogP contribution in [0.2, 0.25) is 0 Å². The molecule has 1 aliphatic heterocycles. The fourth-order valence-electron chi connectivity index (χ4n) is 4.36. The number of anilines is 4. The van der Waals surface area contributed by atoms with Crippen molar-refractivity contribution in [1.29, 1.82) is 0 Å². The van der Waals surface area contributed by atoms with Crippen LogP contribution in [-0.4, -0.2) is 39.8 Å². The maximum atomic E-state index is 13.5. The first kappa shape index (κ1) is 24.0. The second-order valence-corrected chi connectivity index (χ2v) is 8.52. The highest BCUT2D eigenvalue weighted by atomic mass is 19.4. The van der Waals surface area contributed by atoms with Crippen LogP contribution in [-0.2, 0) is 4.79 Å². The van der Waals surface area contributed by atoms with Gasteiger partial charge in [0.1, 0.15) is 22.9 Å². The van der Waals surface area contributed by atoms with E-state index in [1.54, 1.807) is 18.2 Å². The van der Waals surface area contributed by atoms with E-state index in [1.807, 2.05) is 6.92 Å². The summed E-state index contributed by atoms with van der Waals surface area (Å²) >= 11 is 0. The second kappa shape index (κ2) is 8.76. The van der Waals surface area contributed by atoms with Crippen molar-refractivity contribution in [2.45, 2.75) is 25.2 Å². The van der Waals surface area contributed by atoms with E-state index in [1.165, 1.54) is 41.6 Å². The monoisotopic (exact) mass is 512 g/mol. The molecule has 1 saturated heterocycles. The number of benzene rings is 1. The minimum Gasteiger partial charge on any atom is -0.406 e. The molecule has 1 saturated carbocycles. The highest BCUT2D eigenvalue weighted by Crippen LogP contribution is 2.55. The Balaban J connectivity index is 1.39. The Morgan fingerprint density at radius 2 is 1.68 bits per heavy atom. The molecule has 1 aromatic carbocycles. The first-order valence-electron chi connectivity index (χ1n) is 11.1. The van der Waals surface area contributed by atoms with Gasteiger partial charge in [0, 0.05) is 18.5 Å². The second-order valence-electron chi connectivity index (χ2n) is 8.52. The van der Waals surface area contributed by atoms with Crippen molar-refractivity contribution >= 4 is 41.0 Å². The van der Waals surface area contributed by atoms with E-state index in [-0.39, 0.29) is 17.4 Å². The molecule has 190 valence electrons. The number of ether oxygens (including phenoxy) is 1. The first-order valence-corrected chi connectivity index (χ1v) is 11.1. The highest BCUT2D eigenvalue weighted by Gasteiger charge is 2.70. The summed E-state index contributed by atoms with van der Waals surface area (Å²) < 4.78 is 41.3. The number of alkyl halides is 3. The fourth-order valence-corrected chi connectivity index (χ4v) is 4.36. The Bertz CT molecular complexity index is 1370. The van der Waals surface area contributed by atoms with E-state index in [0.29, 0.717) is 17.9 Å². The molecule has 2 fully saturated rings. The molecule has 2 aliphatic rings. The van der Waals surface area contributed by atoms with Crippen LogP contribution in [0.1, 0.15) is 13.3 Å². The number of imide groups is 1. The van der Waals surface area contributed by atoms with Crippen LogP contribution >= 0.6 is 0 Å². The number of nitrogens with zero attached hydrogens (tertiary/aromatic N) is 4. The molecule has 2 atom stereocenters. The van der Waals surface area contributed by atoms with E-state index in [0.717, 1.165) is 17.0 Å². The van der Waals surface area contributed by atoms with Crippen molar-refractivity contribution in [2.75, 3.05) is 20.4 Å². The number of pyridine rings is 2. The molecule has 2 N–H and O–H groups in total. The smallest absolute Gasteiger partial charge is 0.406 e. The number of rotatable bonds is 5. The number of halogens is 3. The summed E-state index contributed by atoms with van der Waals surface area (Å²) in [6.45, 7) is 1.82. The van der Waals surface area contributed by atoms with Crippen LogP contribution in [0.15, 0.2) is 67.0 Å². The summed E-state index contributed by atoms with van der Waals surface area (Å²) in [7, 11) is 0. The summed E-state index contributed by atoms with van der Waals surface area (Å²) in [5, 5.41) is 5.12. The van der Waals surface area contributed by atoms with E-state index in [2.05, 4.69) is 25.3 Å². The SMILES string of the molecule is CC1CC12C(=O)N(c1ccc(OC(F)(F)F)cc1)C(=O)N2c1ccnc(NC(=O)Nc2ccccn2)c1. The molecule has 1 aliphatic carbocycles. The molecular formula is C24H19F3N6O4. The van der Waals surface area contributed by atoms with Gasteiger partial charge in [-0.2, -0.15) is 0 Å². The lowest BCUT2D eigenvalue weighted by Gasteiger charge is -2.22.